The highest BCUT2D eigenvalue weighted by Gasteiger charge is 2.42. The second-order valence-electron chi connectivity index (χ2n) is 9.55. The molecule has 2 N–H and O–H groups in total. The summed E-state index contributed by atoms with van der Waals surface area (Å²) in [5, 5.41) is 0. The molecule has 150 valence electrons. The first-order valence-electron chi connectivity index (χ1n) is 11.1. The zero-order valence-corrected chi connectivity index (χ0v) is 17.5. The Kier molecular flexibility index (Phi) is 5.32. The highest BCUT2D eigenvalue weighted by molar-refractivity contribution is 5.54. The van der Waals surface area contributed by atoms with E-state index in [0.29, 0.717) is 23.3 Å². The third-order valence-corrected chi connectivity index (χ3v) is 7.32. The summed E-state index contributed by atoms with van der Waals surface area (Å²) in [5.74, 6) is 2.29. The number of piperidine rings is 1. The molecule has 1 saturated heterocycles. The largest absolute Gasteiger partial charge is 0.368 e. The molecule has 1 aromatic rings. The van der Waals surface area contributed by atoms with Gasteiger partial charge in [0.05, 0.1) is 5.69 Å². The number of nitrogen functional groups attached to an aromatic ring is 1. The van der Waals surface area contributed by atoms with Gasteiger partial charge in [-0.05, 0) is 71.3 Å². The SMILES string of the molecule is CC(C)N1CCCC(CN(C)c2nc(N)nc3c2CCCC32CCCC2)C1. The molecule has 1 spiro atoms. The van der Waals surface area contributed by atoms with E-state index < -0.39 is 0 Å². The van der Waals surface area contributed by atoms with Gasteiger partial charge in [-0.3, -0.25) is 0 Å². The van der Waals surface area contributed by atoms with Crippen LogP contribution in [0.2, 0.25) is 0 Å². The molecule has 0 amide bonds. The summed E-state index contributed by atoms with van der Waals surface area (Å²) in [5.41, 5.74) is 9.20. The maximum atomic E-state index is 6.21. The first kappa shape index (κ1) is 19.0. The number of hydrogen-bond donors (Lipinski definition) is 1. The van der Waals surface area contributed by atoms with Crippen LogP contribution in [-0.4, -0.2) is 47.6 Å². The molecule has 5 heteroatoms. The van der Waals surface area contributed by atoms with Crippen molar-refractivity contribution in [1.82, 2.24) is 14.9 Å². The van der Waals surface area contributed by atoms with Crippen molar-refractivity contribution in [3.8, 4) is 0 Å². The summed E-state index contributed by atoms with van der Waals surface area (Å²) in [6.45, 7) is 8.15. The molecule has 4 rings (SSSR count). The van der Waals surface area contributed by atoms with Crippen LogP contribution in [-0.2, 0) is 11.8 Å². The van der Waals surface area contributed by atoms with Crippen molar-refractivity contribution in [3.63, 3.8) is 0 Å². The first-order valence-corrected chi connectivity index (χ1v) is 11.1. The van der Waals surface area contributed by atoms with Crippen molar-refractivity contribution in [2.75, 3.05) is 37.3 Å². The highest BCUT2D eigenvalue weighted by Crippen LogP contribution is 2.49. The van der Waals surface area contributed by atoms with E-state index in [1.165, 1.54) is 75.7 Å². The number of rotatable bonds is 4. The van der Waals surface area contributed by atoms with Crippen molar-refractivity contribution < 1.29 is 0 Å². The van der Waals surface area contributed by atoms with Crippen molar-refractivity contribution in [2.24, 2.45) is 5.92 Å². The molecule has 1 aliphatic heterocycles. The van der Waals surface area contributed by atoms with Crippen molar-refractivity contribution in [1.29, 1.82) is 0 Å². The molecule has 1 saturated carbocycles. The standard InChI is InChI=1S/C22H37N5/c1-16(2)27-13-7-8-17(15-27)14-26(3)20-18-9-6-12-22(10-4-5-11-22)19(18)24-21(23)25-20/h16-17H,4-15H2,1-3H3,(H2,23,24,25). The van der Waals surface area contributed by atoms with Crippen LogP contribution in [0.4, 0.5) is 11.8 Å². The van der Waals surface area contributed by atoms with Gasteiger partial charge < -0.3 is 15.5 Å². The van der Waals surface area contributed by atoms with E-state index in [-0.39, 0.29) is 0 Å². The van der Waals surface area contributed by atoms with Crippen LogP contribution < -0.4 is 10.6 Å². The molecule has 1 unspecified atom stereocenters. The van der Waals surface area contributed by atoms with E-state index in [4.69, 9.17) is 15.7 Å². The second-order valence-corrected chi connectivity index (χ2v) is 9.55. The summed E-state index contributed by atoms with van der Waals surface area (Å²) in [6, 6.07) is 0.641. The fourth-order valence-electron chi connectivity index (χ4n) is 5.92. The number of anilines is 2. The van der Waals surface area contributed by atoms with Gasteiger partial charge in [0.15, 0.2) is 0 Å². The molecule has 2 fully saturated rings. The summed E-state index contributed by atoms with van der Waals surface area (Å²) in [4.78, 5) is 14.6. The predicted octanol–water partition coefficient (Wildman–Crippen LogP) is 3.76. The Morgan fingerprint density at radius 2 is 1.89 bits per heavy atom. The monoisotopic (exact) mass is 371 g/mol. The molecule has 0 aromatic carbocycles. The van der Waals surface area contributed by atoms with Gasteiger partial charge in [-0.15, -0.1) is 0 Å². The third kappa shape index (κ3) is 3.67. The lowest BCUT2D eigenvalue weighted by atomic mass is 9.71. The van der Waals surface area contributed by atoms with Gasteiger partial charge in [-0.25, -0.2) is 4.98 Å². The molecule has 1 aromatic heterocycles. The van der Waals surface area contributed by atoms with E-state index in [9.17, 15) is 0 Å². The number of aromatic nitrogens is 2. The molecule has 5 nitrogen and oxygen atoms in total. The third-order valence-electron chi connectivity index (χ3n) is 7.32. The van der Waals surface area contributed by atoms with Crippen LogP contribution in [0, 0.1) is 5.92 Å². The zero-order valence-electron chi connectivity index (χ0n) is 17.5. The lowest BCUT2D eigenvalue weighted by Crippen LogP contribution is -2.43. The zero-order chi connectivity index (χ0) is 19.0. The van der Waals surface area contributed by atoms with Gasteiger partial charge in [0.1, 0.15) is 5.82 Å². The average Bonchev–Trinajstić information content (AvgIpc) is 3.11. The number of hydrogen-bond acceptors (Lipinski definition) is 5. The average molecular weight is 372 g/mol. The Labute approximate surface area is 164 Å². The van der Waals surface area contributed by atoms with Gasteiger partial charge in [0.25, 0.3) is 0 Å². The molecule has 2 aliphatic carbocycles. The molecular formula is C22H37N5. The fraction of sp³-hybridized carbons (Fsp3) is 0.818. The van der Waals surface area contributed by atoms with Crippen molar-refractivity contribution >= 4 is 11.8 Å². The van der Waals surface area contributed by atoms with E-state index in [1.54, 1.807) is 0 Å². The molecular weight excluding hydrogens is 334 g/mol. The van der Waals surface area contributed by atoms with E-state index in [2.05, 4.69) is 30.7 Å². The number of nitrogens with two attached hydrogens (primary N) is 1. The molecule has 3 aliphatic rings. The fourth-order valence-corrected chi connectivity index (χ4v) is 5.92. The Bertz CT molecular complexity index is 665. The maximum Gasteiger partial charge on any atom is 0.222 e. The summed E-state index contributed by atoms with van der Waals surface area (Å²) in [7, 11) is 2.21. The van der Waals surface area contributed by atoms with Gasteiger partial charge in [-0.2, -0.15) is 4.98 Å². The molecule has 1 atom stereocenters. The van der Waals surface area contributed by atoms with Crippen LogP contribution in [0.15, 0.2) is 0 Å². The molecule has 2 heterocycles. The topological polar surface area (TPSA) is 58.3 Å². The normalized spacial score (nSPS) is 25.1. The van der Waals surface area contributed by atoms with Gasteiger partial charge in [-0.1, -0.05) is 12.8 Å². The van der Waals surface area contributed by atoms with Crippen molar-refractivity contribution in [2.45, 2.75) is 83.1 Å². The van der Waals surface area contributed by atoms with Gasteiger partial charge in [0, 0.05) is 37.2 Å². The van der Waals surface area contributed by atoms with Crippen LogP contribution in [0.5, 0.6) is 0 Å². The van der Waals surface area contributed by atoms with Crippen LogP contribution in [0.3, 0.4) is 0 Å². The summed E-state index contributed by atoms with van der Waals surface area (Å²) >= 11 is 0. The minimum absolute atomic E-state index is 0.291. The summed E-state index contributed by atoms with van der Waals surface area (Å²) in [6.07, 6.45) is 11.5. The van der Waals surface area contributed by atoms with Crippen LogP contribution in [0.1, 0.15) is 76.5 Å². The Morgan fingerprint density at radius 1 is 1.15 bits per heavy atom. The van der Waals surface area contributed by atoms with Gasteiger partial charge in [0.2, 0.25) is 5.95 Å². The smallest absolute Gasteiger partial charge is 0.222 e. The number of fused-ring (bicyclic) bond motifs is 2. The lowest BCUT2D eigenvalue weighted by Gasteiger charge is -2.39. The van der Waals surface area contributed by atoms with E-state index >= 15 is 0 Å². The van der Waals surface area contributed by atoms with Gasteiger partial charge >= 0.3 is 0 Å². The number of likely N-dealkylation sites (tertiary alicyclic amines) is 1. The first-order chi connectivity index (χ1) is 13.0. The van der Waals surface area contributed by atoms with E-state index in [0.717, 1.165) is 18.8 Å². The second kappa shape index (κ2) is 7.57. The Hall–Kier alpha value is -1.36. The predicted molar refractivity (Wildman–Crippen MR) is 112 cm³/mol. The molecule has 0 bridgehead atoms. The number of nitrogens with zero attached hydrogens (tertiary/aromatic N) is 4. The van der Waals surface area contributed by atoms with Crippen molar-refractivity contribution in [3.05, 3.63) is 11.3 Å². The highest BCUT2D eigenvalue weighted by atomic mass is 15.2. The van der Waals surface area contributed by atoms with Crippen LogP contribution in [0.25, 0.3) is 0 Å². The van der Waals surface area contributed by atoms with Crippen LogP contribution >= 0.6 is 0 Å². The summed E-state index contributed by atoms with van der Waals surface area (Å²) < 4.78 is 0. The minimum Gasteiger partial charge on any atom is -0.368 e. The maximum absolute atomic E-state index is 6.21. The van der Waals surface area contributed by atoms with E-state index in [1.807, 2.05) is 0 Å². The Balaban J connectivity index is 1.57. The Morgan fingerprint density at radius 3 is 2.63 bits per heavy atom. The lowest BCUT2D eigenvalue weighted by molar-refractivity contribution is 0.142. The quantitative estimate of drug-likeness (QED) is 0.873. The minimum atomic E-state index is 0.291. The molecule has 27 heavy (non-hydrogen) atoms. The molecule has 0 radical (unpaired) electrons.